The normalized spacial score (nSPS) is 26.4. The molecule has 0 spiro atoms. The van der Waals surface area contributed by atoms with Crippen molar-refractivity contribution in [1.29, 1.82) is 5.26 Å². The molecule has 1 saturated heterocycles. The van der Waals surface area contributed by atoms with Crippen molar-refractivity contribution in [3.8, 4) is 6.19 Å². The minimum atomic E-state index is 0.0981. The highest BCUT2D eigenvalue weighted by atomic mass is 35.5. The van der Waals surface area contributed by atoms with Gasteiger partial charge in [0.15, 0.2) is 6.19 Å². The molecule has 0 aliphatic carbocycles. The quantitative estimate of drug-likeness (QED) is 0.778. The maximum atomic E-state index is 8.93. The summed E-state index contributed by atoms with van der Waals surface area (Å²) >= 11 is 5.91. The van der Waals surface area contributed by atoms with E-state index in [9.17, 15) is 0 Å². The summed E-state index contributed by atoms with van der Waals surface area (Å²) in [6, 6.07) is 8.14. The molecule has 5 heteroatoms. The Morgan fingerprint density at radius 1 is 1.32 bits per heavy atom. The number of hydrogen-bond donors (Lipinski definition) is 0. The van der Waals surface area contributed by atoms with Crippen LogP contribution < -0.4 is 0 Å². The van der Waals surface area contributed by atoms with Crippen LogP contribution in [0.4, 0.5) is 0 Å². The van der Waals surface area contributed by atoms with E-state index in [1.165, 1.54) is 0 Å². The van der Waals surface area contributed by atoms with Crippen molar-refractivity contribution >= 4 is 11.6 Å². The molecule has 2 aliphatic rings. The number of benzene rings is 1. The Morgan fingerprint density at radius 2 is 2.11 bits per heavy atom. The molecule has 1 aromatic carbocycles. The Hall–Kier alpha value is -1.70. The van der Waals surface area contributed by atoms with E-state index < -0.39 is 0 Å². The van der Waals surface area contributed by atoms with E-state index in [1.807, 2.05) is 35.4 Å². The second-order valence-corrected chi connectivity index (χ2v) is 5.22. The highest BCUT2D eigenvalue weighted by Crippen LogP contribution is 2.32. The SMILES string of the molecule is N#CN1CCC(N2OC=C[C@@H]2c2ccc(Cl)cc2)C1. The van der Waals surface area contributed by atoms with Gasteiger partial charge in [-0.2, -0.15) is 5.26 Å². The van der Waals surface area contributed by atoms with Crippen LogP contribution in [-0.2, 0) is 4.84 Å². The van der Waals surface area contributed by atoms with Crippen LogP contribution in [0.5, 0.6) is 0 Å². The number of rotatable bonds is 2. The van der Waals surface area contributed by atoms with Gasteiger partial charge >= 0.3 is 0 Å². The summed E-state index contributed by atoms with van der Waals surface area (Å²) in [5, 5.41) is 11.6. The molecule has 4 nitrogen and oxygen atoms in total. The van der Waals surface area contributed by atoms with Gasteiger partial charge in [0.05, 0.1) is 12.1 Å². The number of nitrogens with zero attached hydrogens (tertiary/aromatic N) is 3. The van der Waals surface area contributed by atoms with Crippen molar-refractivity contribution in [2.75, 3.05) is 13.1 Å². The number of nitriles is 1. The average molecular weight is 276 g/mol. The van der Waals surface area contributed by atoms with E-state index in [2.05, 4.69) is 6.19 Å². The van der Waals surface area contributed by atoms with Gasteiger partial charge in [-0.3, -0.25) is 0 Å². The smallest absolute Gasteiger partial charge is 0.179 e. The molecule has 2 heterocycles. The maximum Gasteiger partial charge on any atom is 0.179 e. The topological polar surface area (TPSA) is 39.5 Å². The summed E-state index contributed by atoms with van der Waals surface area (Å²) in [5.41, 5.74) is 1.15. The molecule has 2 aliphatic heterocycles. The molecule has 0 aromatic heterocycles. The fraction of sp³-hybridized carbons (Fsp3) is 0.357. The van der Waals surface area contributed by atoms with Crippen molar-refractivity contribution in [3.05, 3.63) is 47.2 Å². The van der Waals surface area contributed by atoms with Crippen molar-refractivity contribution < 1.29 is 4.84 Å². The highest BCUT2D eigenvalue weighted by molar-refractivity contribution is 6.30. The summed E-state index contributed by atoms with van der Waals surface area (Å²) < 4.78 is 0. The lowest BCUT2D eigenvalue weighted by atomic mass is 10.1. The average Bonchev–Trinajstić information content (AvgIpc) is 3.07. The molecule has 0 amide bonds. The van der Waals surface area contributed by atoms with Gasteiger partial charge in [0.1, 0.15) is 6.26 Å². The molecule has 0 bridgehead atoms. The lowest BCUT2D eigenvalue weighted by Crippen LogP contribution is -2.35. The molecule has 0 N–H and O–H groups in total. The zero-order chi connectivity index (χ0) is 13.2. The Bertz CT molecular complexity index is 522. The number of likely N-dealkylation sites (tertiary alicyclic amines) is 1. The van der Waals surface area contributed by atoms with Crippen LogP contribution in [-0.4, -0.2) is 29.1 Å². The number of hydrogen-bond acceptors (Lipinski definition) is 4. The van der Waals surface area contributed by atoms with Gasteiger partial charge < -0.3 is 9.74 Å². The zero-order valence-electron chi connectivity index (χ0n) is 10.4. The third kappa shape index (κ3) is 2.40. The maximum absolute atomic E-state index is 8.93. The monoisotopic (exact) mass is 275 g/mol. The van der Waals surface area contributed by atoms with Gasteiger partial charge in [-0.15, -0.1) is 5.06 Å². The van der Waals surface area contributed by atoms with Gasteiger partial charge in [-0.1, -0.05) is 23.7 Å². The molecule has 0 radical (unpaired) electrons. The summed E-state index contributed by atoms with van der Waals surface area (Å²) in [4.78, 5) is 7.38. The summed E-state index contributed by atoms with van der Waals surface area (Å²) in [6.07, 6.45) is 6.88. The number of hydroxylamine groups is 2. The fourth-order valence-corrected chi connectivity index (χ4v) is 2.73. The molecular formula is C14H14ClN3O. The second-order valence-electron chi connectivity index (χ2n) is 4.78. The van der Waals surface area contributed by atoms with E-state index in [0.29, 0.717) is 0 Å². The van der Waals surface area contributed by atoms with Gasteiger partial charge in [0.25, 0.3) is 0 Å². The van der Waals surface area contributed by atoms with E-state index in [0.717, 1.165) is 30.1 Å². The van der Waals surface area contributed by atoms with Crippen LogP contribution in [0, 0.1) is 11.5 Å². The highest BCUT2D eigenvalue weighted by Gasteiger charge is 2.35. The van der Waals surface area contributed by atoms with Gasteiger partial charge in [0, 0.05) is 18.1 Å². The Balaban J connectivity index is 1.76. The predicted molar refractivity (Wildman–Crippen MR) is 71.8 cm³/mol. The fourth-order valence-electron chi connectivity index (χ4n) is 2.60. The third-order valence-electron chi connectivity index (χ3n) is 3.59. The Morgan fingerprint density at radius 3 is 2.79 bits per heavy atom. The summed E-state index contributed by atoms with van der Waals surface area (Å²) in [7, 11) is 0. The lowest BCUT2D eigenvalue weighted by Gasteiger charge is -2.28. The van der Waals surface area contributed by atoms with Gasteiger partial charge in [-0.05, 0) is 30.2 Å². The van der Waals surface area contributed by atoms with Crippen LogP contribution in [0.2, 0.25) is 5.02 Å². The Labute approximate surface area is 117 Å². The lowest BCUT2D eigenvalue weighted by molar-refractivity contribution is -0.135. The predicted octanol–water partition coefficient (Wildman–Crippen LogP) is 2.70. The van der Waals surface area contributed by atoms with Gasteiger partial charge in [-0.25, -0.2) is 0 Å². The van der Waals surface area contributed by atoms with Crippen molar-refractivity contribution in [1.82, 2.24) is 9.96 Å². The molecule has 2 atom stereocenters. The Kier molecular flexibility index (Phi) is 3.33. The van der Waals surface area contributed by atoms with Crippen molar-refractivity contribution in [2.24, 2.45) is 0 Å². The first-order chi connectivity index (χ1) is 9.28. The molecule has 1 unspecified atom stereocenters. The first kappa shape index (κ1) is 12.3. The summed E-state index contributed by atoms with van der Waals surface area (Å²) in [5.74, 6) is 0. The van der Waals surface area contributed by atoms with Crippen LogP contribution in [0.25, 0.3) is 0 Å². The molecule has 19 heavy (non-hydrogen) atoms. The molecule has 0 saturated carbocycles. The molecular weight excluding hydrogens is 262 g/mol. The standard InChI is InChI=1S/C14H14ClN3O/c15-12-3-1-11(2-4-12)14-6-8-19-18(14)13-5-7-17(9-13)10-16/h1-4,6,8,13-14H,5,7,9H2/t13?,14-/m1/s1. The minimum Gasteiger partial charge on any atom is -0.413 e. The van der Waals surface area contributed by atoms with Crippen LogP contribution in [0.3, 0.4) is 0 Å². The van der Waals surface area contributed by atoms with Crippen LogP contribution >= 0.6 is 11.6 Å². The first-order valence-corrected chi connectivity index (χ1v) is 6.67. The molecule has 3 rings (SSSR count). The summed E-state index contributed by atoms with van der Waals surface area (Å²) in [6.45, 7) is 1.52. The minimum absolute atomic E-state index is 0.0981. The zero-order valence-corrected chi connectivity index (χ0v) is 11.1. The molecule has 1 fully saturated rings. The van der Waals surface area contributed by atoms with Crippen molar-refractivity contribution in [3.63, 3.8) is 0 Å². The largest absolute Gasteiger partial charge is 0.413 e. The van der Waals surface area contributed by atoms with Crippen LogP contribution in [0.15, 0.2) is 36.6 Å². The van der Waals surface area contributed by atoms with E-state index in [4.69, 9.17) is 21.7 Å². The van der Waals surface area contributed by atoms with Crippen molar-refractivity contribution in [2.45, 2.75) is 18.5 Å². The van der Waals surface area contributed by atoms with E-state index >= 15 is 0 Å². The molecule has 1 aromatic rings. The molecule has 98 valence electrons. The van der Waals surface area contributed by atoms with Crippen LogP contribution in [0.1, 0.15) is 18.0 Å². The number of halogens is 1. The second kappa shape index (κ2) is 5.12. The van der Waals surface area contributed by atoms with Gasteiger partial charge in [0.2, 0.25) is 0 Å². The van der Waals surface area contributed by atoms with E-state index in [-0.39, 0.29) is 12.1 Å². The third-order valence-corrected chi connectivity index (χ3v) is 3.85. The van der Waals surface area contributed by atoms with E-state index in [1.54, 1.807) is 11.2 Å². The first-order valence-electron chi connectivity index (χ1n) is 6.30.